The molecule has 0 fully saturated rings. The third-order valence-corrected chi connectivity index (χ3v) is 5.12. The average Bonchev–Trinajstić information content (AvgIpc) is 2.89. The van der Waals surface area contributed by atoms with Crippen LogP contribution >= 0.6 is 11.6 Å². The Morgan fingerprint density at radius 3 is 2.29 bits per heavy atom. The number of carboxylic acids is 1. The van der Waals surface area contributed by atoms with Crippen LogP contribution in [0.2, 0.25) is 0 Å². The molecule has 2 atom stereocenters. The van der Waals surface area contributed by atoms with Gasteiger partial charge in [-0.25, -0.2) is 5.01 Å². The molecule has 1 N–H and O–H groups in total. The van der Waals surface area contributed by atoms with Gasteiger partial charge in [-0.1, -0.05) is 67.1 Å². The molecule has 3 rings (SSSR count). The number of aliphatic carboxylic acids is 1. The van der Waals surface area contributed by atoms with Crippen LogP contribution < -0.4 is 5.01 Å². The zero-order valence-electron chi connectivity index (χ0n) is 13.4. The minimum Gasteiger partial charge on any atom is -0.481 e. The summed E-state index contributed by atoms with van der Waals surface area (Å²) in [6.45, 7) is 1.96. The quantitative estimate of drug-likeness (QED) is 0.649. The van der Waals surface area contributed by atoms with Crippen LogP contribution in [0.3, 0.4) is 0 Å². The van der Waals surface area contributed by atoms with E-state index in [4.69, 9.17) is 16.7 Å². The van der Waals surface area contributed by atoms with Crippen molar-refractivity contribution in [3.05, 3.63) is 66.2 Å². The second kappa shape index (κ2) is 6.65. The van der Waals surface area contributed by atoms with Gasteiger partial charge >= 0.3 is 5.97 Å². The van der Waals surface area contributed by atoms with Crippen molar-refractivity contribution >= 4 is 29.0 Å². The van der Waals surface area contributed by atoms with Gasteiger partial charge in [-0.2, -0.15) is 5.10 Å². The van der Waals surface area contributed by atoms with Crippen LogP contribution in [0, 0.1) is 5.41 Å². The van der Waals surface area contributed by atoms with Crippen LogP contribution in [-0.2, 0) is 4.79 Å². The fraction of sp³-hybridized carbons (Fsp3) is 0.263. The molecule has 0 bridgehead atoms. The van der Waals surface area contributed by atoms with Crippen molar-refractivity contribution in [1.82, 2.24) is 0 Å². The molecule has 0 aromatic heterocycles. The van der Waals surface area contributed by atoms with Gasteiger partial charge in [-0.15, -0.1) is 0 Å². The SMILES string of the molecule is CCC1(CC(=O)O)C(c2ccccc2)=NN(c2ccccc2)C1Cl. The summed E-state index contributed by atoms with van der Waals surface area (Å²) in [6.07, 6.45) is 0.527. The van der Waals surface area contributed by atoms with Gasteiger partial charge in [0, 0.05) is 0 Å². The van der Waals surface area contributed by atoms with Gasteiger partial charge in [0.15, 0.2) is 0 Å². The molecule has 124 valence electrons. The van der Waals surface area contributed by atoms with Crippen LogP contribution in [-0.4, -0.2) is 22.3 Å². The molecule has 2 aromatic carbocycles. The highest BCUT2D eigenvalue weighted by Crippen LogP contribution is 2.46. The molecular formula is C19H19ClN2O2. The number of carbonyl (C=O) groups is 1. The molecule has 5 heteroatoms. The molecule has 4 nitrogen and oxygen atoms in total. The number of hydrogen-bond donors (Lipinski definition) is 1. The second-order valence-corrected chi connectivity index (χ2v) is 6.32. The maximum atomic E-state index is 11.6. The van der Waals surface area contributed by atoms with Crippen molar-refractivity contribution < 1.29 is 9.90 Å². The number of rotatable bonds is 5. The molecule has 24 heavy (non-hydrogen) atoms. The summed E-state index contributed by atoms with van der Waals surface area (Å²) in [6, 6.07) is 19.3. The molecular weight excluding hydrogens is 324 g/mol. The molecule has 0 saturated heterocycles. The average molecular weight is 343 g/mol. The summed E-state index contributed by atoms with van der Waals surface area (Å²) in [7, 11) is 0. The normalized spacial score (nSPS) is 23.2. The lowest BCUT2D eigenvalue weighted by Crippen LogP contribution is -2.42. The van der Waals surface area contributed by atoms with Crippen LogP contribution in [0.1, 0.15) is 25.3 Å². The first kappa shape index (κ1) is 16.5. The molecule has 2 unspecified atom stereocenters. The summed E-state index contributed by atoms with van der Waals surface area (Å²) < 4.78 is 0. The molecule has 0 aliphatic carbocycles. The fourth-order valence-corrected chi connectivity index (χ4v) is 3.71. The monoisotopic (exact) mass is 342 g/mol. The van der Waals surface area contributed by atoms with Crippen LogP contribution in [0.4, 0.5) is 5.69 Å². The van der Waals surface area contributed by atoms with Gasteiger partial charge in [-0.05, 0) is 24.1 Å². The van der Waals surface area contributed by atoms with Crippen molar-refractivity contribution in [1.29, 1.82) is 0 Å². The lowest BCUT2D eigenvalue weighted by molar-refractivity contribution is -0.138. The number of para-hydroxylation sites is 1. The second-order valence-electron chi connectivity index (χ2n) is 5.91. The van der Waals surface area contributed by atoms with E-state index in [0.29, 0.717) is 6.42 Å². The van der Waals surface area contributed by atoms with Gasteiger partial charge in [-0.3, -0.25) is 4.79 Å². The van der Waals surface area contributed by atoms with E-state index in [0.717, 1.165) is 17.0 Å². The Balaban J connectivity index is 2.13. The first-order valence-corrected chi connectivity index (χ1v) is 8.37. The van der Waals surface area contributed by atoms with E-state index in [9.17, 15) is 9.90 Å². The molecule has 0 saturated carbocycles. The Bertz CT molecular complexity index is 748. The molecule has 1 heterocycles. The highest BCUT2D eigenvalue weighted by molar-refractivity contribution is 6.27. The molecule has 2 aromatic rings. The van der Waals surface area contributed by atoms with E-state index < -0.39 is 16.9 Å². The first-order valence-electron chi connectivity index (χ1n) is 7.93. The van der Waals surface area contributed by atoms with E-state index >= 15 is 0 Å². The maximum absolute atomic E-state index is 11.6. The van der Waals surface area contributed by atoms with E-state index in [2.05, 4.69) is 0 Å². The number of benzene rings is 2. The highest BCUT2D eigenvalue weighted by Gasteiger charge is 2.51. The standard InChI is InChI=1S/C19H19ClN2O2/c1-2-19(13-16(23)24)17(14-9-5-3-6-10-14)21-22(18(19)20)15-11-7-4-8-12-15/h3-12,18H,2,13H2,1H3,(H,23,24). The van der Waals surface area contributed by atoms with Crippen LogP contribution in [0.25, 0.3) is 0 Å². The summed E-state index contributed by atoms with van der Waals surface area (Å²) in [5.41, 5.74) is 1.19. The predicted molar refractivity (Wildman–Crippen MR) is 96.5 cm³/mol. The fourth-order valence-electron chi connectivity index (χ4n) is 3.21. The third-order valence-electron chi connectivity index (χ3n) is 4.52. The summed E-state index contributed by atoms with van der Waals surface area (Å²) in [5.74, 6) is -0.874. The number of nitrogens with zero attached hydrogens (tertiary/aromatic N) is 2. The Labute approximate surface area is 146 Å². The Hall–Kier alpha value is -2.33. The molecule has 0 spiro atoms. The van der Waals surface area contributed by atoms with Crippen molar-refractivity contribution in [3.63, 3.8) is 0 Å². The molecule has 1 aliphatic rings. The number of hydrazone groups is 1. The van der Waals surface area contributed by atoms with Gasteiger partial charge in [0.05, 0.1) is 23.2 Å². The Morgan fingerprint density at radius 2 is 1.75 bits per heavy atom. The van der Waals surface area contributed by atoms with Gasteiger partial charge in [0.2, 0.25) is 0 Å². The number of hydrogen-bond acceptors (Lipinski definition) is 3. The number of alkyl halides is 1. The van der Waals surface area contributed by atoms with E-state index in [1.165, 1.54) is 0 Å². The van der Waals surface area contributed by atoms with Crippen LogP contribution in [0.5, 0.6) is 0 Å². The first-order chi connectivity index (χ1) is 11.6. The third kappa shape index (κ3) is 2.78. The number of anilines is 1. The summed E-state index contributed by atoms with van der Waals surface area (Å²) in [5, 5.41) is 16.0. The topological polar surface area (TPSA) is 52.9 Å². The Morgan fingerprint density at radius 1 is 1.17 bits per heavy atom. The number of halogens is 1. The lowest BCUT2D eigenvalue weighted by Gasteiger charge is -2.33. The highest BCUT2D eigenvalue weighted by atomic mass is 35.5. The summed E-state index contributed by atoms with van der Waals surface area (Å²) >= 11 is 6.77. The smallest absolute Gasteiger partial charge is 0.304 e. The van der Waals surface area contributed by atoms with Gasteiger partial charge in [0.25, 0.3) is 0 Å². The van der Waals surface area contributed by atoms with Crippen molar-refractivity contribution in [2.24, 2.45) is 10.5 Å². The van der Waals surface area contributed by atoms with Gasteiger partial charge in [0.1, 0.15) is 5.50 Å². The van der Waals surface area contributed by atoms with E-state index in [1.807, 2.05) is 67.6 Å². The predicted octanol–water partition coefficient (Wildman–Crippen LogP) is 4.35. The van der Waals surface area contributed by atoms with E-state index in [-0.39, 0.29) is 6.42 Å². The molecule has 1 aliphatic heterocycles. The zero-order chi connectivity index (χ0) is 17.2. The minimum absolute atomic E-state index is 0.0608. The lowest BCUT2D eigenvalue weighted by atomic mass is 9.75. The molecule has 0 radical (unpaired) electrons. The number of carboxylic acid groups (broad SMARTS) is 1. The van der Waals surface area contributed by atoms with Gasteiger partial charge < -0.3 is 5.11 Å². The largest absolute Gasteiger partial charge is 0.481 e. The maximum Gasteiger partial charge on any atom is 0.304 e. The van der Waals surface area contributed by atoms with E-state index in [1.54, 1.807) is 5.01 Å². The van der Waals surface area contributed by atoms with Crippen molar-refractivity contribution in [3.8, 4) is 0 Å². The summed E-state index contributed by atoms with van der Waals surface area (Å²) in [4.78, 5) is 11.6. The van der Waals surface area contributed by atoms with Crippen LogP contribution in [0.15, 0.2) is 65.8 Å². The molecule has 0 amide bonds. The minimum atomic E-state index is -0.874. The zero-order valence-corrected chi connectivity index (χ0v) is 14.1. The Kier molecular flexibility index (Phi) is 4.58. The van der Waals surface area contributed by atoms with Crippen molar-refractivity contribution in [2.45, 2.75) is 25.3 Å². The van der Waals surface area contributed by atoms with Crippen molar-refractivity contribution in [2.75, 3.05) is 5.01 Å².